The van der Waals surface area contributed by atoms with Crippen LogP contribution in [0.4, 0.5) is 4.79 Å². The van der Waals surface area contributed by atoms with Crippen LogP contribution in [-0.2, 0) is 11.3 Å². The third kappa shape index (κ3) is 5.30. The molecule has 0 spiro atoms. The summed E-state index contributed by atoms with van der Waals surface area (Å²) in [4.78, 5) is 13.3. The molecular weight excluding hydrogens is 244 g/mol. The summed E-state index contributed by atoms with van der Waals surface area (Å²) in [6.45, 7) is 6.64. The van der Waals surface area contributed by atoms with E-state index >= 15 is 0 Å². The lowest BCUT2D eigenvalue weighted by Gasteiger charge is -2.17. The highest BCUT2D eigenvalue weighted by atomic mass is 16.5. The van der Waals surface area contributed by atoms with Crippen molar-refractivity contribution in [2.24, 2.45) is 0 Å². The Morgan fingerprint density at radius 1 is 1.53 bits per heavy atom. The number of methoxy groups -OCH3 is 1. The van der Waals surface area contributed by atoms with Crippen LogP contribution in [-0.4, -0.2) is 54.6 Å². The van der Waals surface area contributed by atoms with Gasteiger partial charge in [0.2, 0.25) is 0 Å². The molecule has 0 bridgehead atoms. The second-order valence-electron chi connectivity index (χ2n) is 4.65. The fraction of sp³-hybridized carbons (Fsp3) is 0.692. The molecule has 19 heavy (non-hydrogen) atoms. The first-order valence-electron chi connectivity index (χ1n) is 6.53. The van der Waals surface area contributed by atoms with Crippen LogP contribution < -0.4 is 5.32 Å². The van der Waals surface area contributed by atoms with E-state index in [1.807, 2.05) is 18.5 Å². The molecule has 1 aromatic heterocycles. The largest absolute Gasteiger partial charge is 0.383 e. The molecule has 0 atom stereocenters. The number of hydrogen-bond donors (Lipinski definition) is 1. The lowest BCUT2D eigenvalue weighted by Crippen LogP contribution is -2.39. The quantitative estimate of drug-likeness (QED) is 0.755. The predicted molar refractivity (Wildman–Crippen MR) is 74.2 cm³/mol. The molecule has 0 aromatic carbocycles. The molecule has 0 unspecified atom stereocenters. The number of carbonyl (C=O) groups is 1. The van der Waals surface area contributed by atoms with Gasteiger partial charge in [0.05, 0.1) is 12.3 Å². The fourth-order valence-electron chi connectivity index (χ4n) is 1.79. The van der Waals surface area contributed by atoms with Gasteiger partial charge < -0.3 is 15.0 Å². The van der Waals surface area contributed by atoms with Crippen molar-refractivity contribution >= 4 is 6.03 Å². The molecule has 0 aliphatic carbocycles. The highest BCUT2D eigenvalue weighted by molar-refractivity contribution is 5.73. The van der Waals surface area contributed by atoms with E-state index in [1.54, 1.807) is 19.1 Å². The summed E-state index contributed by atoms with van der Waals surface area (Å²) in [5, 5.41) is 7.26. The third-order valence-electron chi connectivity index (χ3n) is 2.90. The van der Waals surface area contributed by atoms with Gasteiger partial charge in [-0.05, 0) is 26.3 Å². The zero-order valence-electron chi connectivity index (χ0n) is 12.3. The zero-order valence-corrected chi connectivity index (χ0v) is 12.3. The molecule has 0 aliphatic heterocycles. The van der Waals surface area contributed by atoms with Crippen molar-refractivity contribution in [2.45, 2.75) is 26.8 Å². The van der Waals surface area contributed by atoms with Gasteiger partial charge in [0.15, 0.2) is 0 Å². The Morgan fingerprint density at radius 2 is 2.26 bits per heavy atom. The van der Waals surface area contributed by atoms with Gasteiger partial charge in [0.25, 0.3) is 0 Å². The number of nitrogens with one attached hydrogen (secondary N) is 1. The summed E-state index contributed by atoms with van der Waals surface area (Å²) in [5.41, 5.74) is 2.18. The first-order valence-corrected chi connectivity index (χ1v) is 6.53. The molecule has 0 saturated carbocycles. The second-order valence-corrected chi connectivity index (χ2v) is 4.65. The second kappa shape index (κ2) is 7.78. The van der Waals surface area contributed by atoms with Gasteiger partial charge in [-0.1, -0.05) is 0 Å². The fourth-order valence-corrected chi connectivity index (χ4v) is 1.79. The van der Waals surface area contributed by atoms with Crippen molar-refractivity contribution in [3.05, 3.63) is 17.5 Å². The molecule has 1 N–H and O–H groups in total. The Kier molecular flexibility index (Phi) is 6.35. The number of amides is 2. The van der Waals surface area contributed by atoms with Crippen LogP contribution in [0.15, 0.2) is 6.07 Å². The van der Waals surface area contributed by atoms with Gasteiger partial charge in [-0.2, -0.15) is 5.10 Å². The van der Waals surface area contributed by atoms with Gasteiger partial charge in [0.1, 0.15) is 0 Å². The molecule has 0 aliphatic rings. The SMILES string of the molecule is COCCN(C)C(=O)NCCCn1nc(C)cc1C. The minimum absolute atomic E-state index is 0.0644. The van der Waals surface area contributed by atoms with Crippen molar-refractivity contribution < 1.29 is 9.53 Å². The van der Waals surface area contributed by atoms with Crippen LogP contribution in [0.1, 0.15) is 17.8 Å². The maximum atomic E-state index is 11.7. The number of aryl methyl sites for hydroxylation is 3. The van der Waals surface area contributed by atoms with E-state index in [1.165, 1.54) is 0 Å². The minimum atomic E-state index is -0.0644. The van der Waals surface area contributed by atoms with Crippen molar-refractivity contribution in [1.29, 1.82) is 0 Å². The van der Waals surface area contributed by atoms with Gasteiger partial charge in [-0.25, -0.2) is 4.79 Å². The van der Waals surface area contributed by atoms with E-state index in [9.17, 15) is 4.79 Å². The van der Waals surface area contributed by atoms with Crippen molar-refractivity contribution in [3.8, 4) is 0 Å². The lowest BCUT2D eigenvalue weighted by molar-refractivity contribution is 0.159. The maximum Gasteiger partial charge on any atom is 0.317 e. The number of likely N-dealkylation sites (N-methyl/N-ethyl adjacent to an activating group) is 1. The smallest absolute Gasteiger partial charge is 0.317 e. The minimum Gasteiger partial charge on any atom is -0.383 e. The molecule has 0 saturated heterocycles. The molecule has 6 nitrogen and oxygen atoms in total. The third-order valence-corrected chi connectivity index (χ3v) is 2.90. The summed E-state index contributed by atoms with van der Waals surface area (Å²) in [7, 11) is 3.38. The van der Waals surface area contributed by atoms with Crippen LogP contribution in [0.3, 0.4) is 0 Å². The summed E-state index contributed by atoms with van der Waals surface area (Å²) >= 11 is 0. The van der Waals surface area contributed by atoms with E-state index < -0.39 is 0 Å². The van der Waals surface area contributed by atoms with Gasteiger partial charge in [-0.3, -0.25) is 4.68 Å². The van der Waals surface area contributed by atoms with Gasteiger partial charge in [-0.15, -0.1) is 0 Å². The Hall–Kier alpha value is -1.56. The summed E-state index contributed by atoms with van der Waals surface area (Å²) in [6.07, 6.45) is 0.867. The first-order chi connectivity index (χ1) is 9.04. The van der Waals surface area contributed by atoms with Crippen molar-refractivity contribution in [1.82, 2.24) is 20.0 Å². The number of hydrogen-bond acceptors (Lipinski definition) is 3. The Morgan fingerprint density at radius 3 is 2.84 bits per heavy atom. The number of nitrogens with zero attached hydrogens (tertiary/aromatic N) is 3. The number of rotatable bonds is 7. The maximum absolute atomic E-state index is 11.7. The highest BCUT2D eigenvalue weighted by Crippen LogP contribution is 2.02. The average molecular weight is 268 g/mol. The molecule has 1 heterocycles. The van der Waals surface area contributed by atoms with Crippen molar-refractivity contribution in [3.63, 3.8) is 0 Å². The highest BCUT2D eigenvalue weighted by Gasteiger charge is 2.07. The zero-order chi connectivity index (χ0) is 14.3. The molecular formula is C13H24N4O2. The number of carbonyl (C=O) groups excluding carboxylic acids is 1. The first kappa shape index (κ1) is 15.5. The molecule has 108 valence electrons. The molecule has 2 amide bonds. The van der Waals surface area contributed by atoms with E-state index in [0.717, 1.165) is 24.4 Å². The summed E-state index contributed by atoms with van der Waals surface area (Å²) in [5.74, 6) is 0. The van der Waals surface area contributed by atoms with E-state index in [0.29, 0.717) is 19.7 Å². The molecule has 1 aromatic rings. The Bertz CT molecular complexity index is 403. The number of urea groups is 1. The molecule has 0 radical (unpaired) electrons. The number of ether oxygens (including phenoxy) is 1. The van der Waals surface area contributed by atoms with Crippen LogP contribution in [0.25, 0.3) is 0 Å². The van der Waals surface area contributed by atoms with Crippen LogP contribution in [0.2, 0.25) is 0 Å². The van der Waals surface area contributed by atoms with Crippen LogP contribution in [0.5, 0.6) is 0 Å². The molecule has 1 rings (SSSR count). The van der Waals surface area contributed by atoms with E-state index in [4.69, 9.17) is 4.74 Å². The Balaban J connectivity index is 2.20. The van der Waals surface area contributed by atoms with Gasteiger partial charge in [0, 0.05) is 39.5 Å². The summed E-state index contributed by atoms with van der Waals surface area (Å²) < 4.78 is 6.90. The molecule has 6 heteroatoms. The standard InChI is InChI=1S/C13H24N4O2/c1-11-10-12(2)17(15-11)7-5-6-14-13(18)16(3)8-9-19-4/h10H,5-9H2,1-4H3,(H,14,18). The van der Waals surface area contributed by atoms with E-state index in [-0.39, 0.29) is 6.03 Å². The van der Waals surface area contributed by atoms with Gasteiger partial charge >= 0.3 is 6.03 Å². The van der Waals surface area contributed by atoms with E-state index in [2.05, 4.69) is 16.5 Å². The molecule has 0 fully saturated rings. The normalized spacial score (nSPS) is 10.5. The van der Waals surface area contributed by atoms with Crippen molar-refractivity contribution in [2.75, 3.05) is 33.9 Å². The Labute approximate surface area is 114 Å². The number of aromatic nitrogens is 2. The lowest BCUT2D eigenvalue weighted by atomic mass is 10.4. The monoisotopic (exact) mass is 268 g/mol. The van der Waals surface area contributed by atoms with Crippen LogP contribution in [0, 0.1) is 13.8 Å². The topological polar surface area (TPSA) is 59.4 Å². The van der Waals surface area contributed by atoms with Crippen LogP contribution >= 0.6 is 0 Å². The summed E-state index contributed by atoms with van der Waals surface area (Å²) in [6, 6.07) is 1.99. The predicted octanol–water partition coefficient (Wildman–Crippen LogP) is 1.18. The average Bonchev–Trinajstić information content (AvgIpc) is 2.69.